The molecular formula is C19H22FNO3. The Labute approximate surface area is 141 Å². The van der Waals surface area contributed by atoms with E-state index >= 15 is 0 Å². The number of ether oxygens (including phenoxy) is 2. The fourth-order valence-corrected chi connectivity index (χ4v) is 2.39. The topological polar surface area (TPSA) is 61.5 Å². The van der Waals surface area contributed by atoms with Gasteiger partial charge in [0, 0.05) is 18.5 Å². The molecule has 5 heteroatoms. The van der Waals surface area contributed by atoms with Crippen LogP contribution in [0.1, 0.15) is 36.1 Å². The van der Waals surface area contributed by atoms with Crippen molar-refractivity contribution in [3.05, 3.63) is 58.9 Å². The summed E-state index contributed by atoms with van der Waals surface area (Å²) < 4.78 is 24.1. The Morgan fingerprint density at radius 3 is 2.58 bits per heavy atom. The molecule has 2 N–H and O–H groups in total. The van der Waals surface area contributed by atoms with Crippen LogP contribution in [0, 0.1) is 12.7 Å². The van der Waals surface area contributed by atoms with Gasteiger partial charge >= 0.3 is 5.97 Å². The van der Waals surface area contributed by atoms with Crippen LogP contribution in [0.15, 0.2) is 36.4 Å². The van der Waals surface area contributed by atoms with Crippen molar-refractivity contribution < 1.29 is 18.7 Å². The first-order chi connectivity index (χ1) is 11.4. The smallest absolute Gasteiger partial charge is 0.305 e. The molecule has 0 aliphatic carbocycles. The van der Waals surface area contributed by atoms with E-state index in [1.165, 1.54) is 19.2 Å². The fourth-order valence-electron chi connectivity index (χ4n) is 2.39. The molecule has 0 amide bonds. The number of rotatable bonds is 6. The SMILES string of the molecule is COC(=O)CCc1ccc(Oc2cc(F)cc([C@@H](C)N)c2)cc1C. The van der Waals surface area contributed by atoms with Crippen LogP contribution in [0.4, 0.5) is 4.39 Å². The lowest BCUT2D eigenvalue weighted by atomic mass is 10.0. The molecule has 2 aromatic carbocycles. The molecule has 2 rings (SSSR count). The Bertz CT molecular complexity index is 729. The minimum Gasteiger partial charge on any atom is -0.469 e. The lowest BCUT2D eigenvalue weighted by molar-refractivity contribution is -0.140. The maximum Gasteiger partial charge on any atom is 0.305 e. The van der Waals surface area contributed by atoms with Crippen molar-refractivity contribution >= 4 is 5.97 Å². The molecule has 24 heavy (non-hydrogen) atoms. The largest absolute Gasteiger partial charge is 0.469 e. The molecule has 0 saturated carbocycles. The van der Waals surface area contributed by atoms with Gasteiger partial charge in [-0.15, -0.1) is 0 Å². The Kier molecular flexibility index (Phi) is 5.93. The third-order valence-corrected chi connectivity index (χ3v) is 3.80. The molecular weight excluding hydrogens is 309 g/mol. The van der Waals surface area contributed by atoms with Gasteiger partial charge in [0.15, 0.2) is 0 Å². The maximum absolute atomic E-state index is 13.7. The first-order valence-corrected chi connectivity index (χ1v) is 7.79. The summed E-state index contributed by atoms with van der Waals surface area (Å²) in [5.41, 5.74) is 8.52. The number of methoxy groups -OCH3 is 1. The van der Waals surface area contributed by atoms with Gasteiger partial charge in [-0.2, -0.15) is 0 Å². The molecule has 0 bridgehead atoms. The number of esters is 1. The Morgan fingerprint density at radius 1 is 1.21 bits per heavy atom. The molecule has 0 aliphatic rings. The van der Waals surface area contributed by atoms with Crippen molar-refractivity contribution in [2.24, 2.45) is 5.73 Å². The number of carbonyl (C=O) groups is 1. The molecule has 0 heterocycles. The number of aryl methyl sites for hydroxylation is 2. The van der Waals surface area contributed by atoms with Gasteiger partial charge in [-0.3, -0.25) is 4.79 Å². The van der Waals surface area contributed by atoms with Gasteiger partial charge in [-0.25, -0.2) is 4.39 Å². The highest BCUT2D eigenvalue weighted by atomic mass is 19.1. The van der Waals surface area contributed by atoms with Gasteiger partial charge in [-0.1, -0.05) is 6.07 Å². The highest BCUT2D eigenvalue weighted by Crippen LogP contribution is 2.27. The van der Waals surface area contributed by atoms with Crippen LogP contribution in [-0.4, -0.2) is 13.1 Å². The van der Waals surface area contributed by atoms with Crippen LogP contribution in [0.25, 0.3) is 0 Å². The van der Waals surface area contributed by atoms with Crippen LogP contribution in [-0.2, 0) is 16.0 Å². The van der Waals surface area contributed by atoms with E-state index in [9.17, 15) is 9.18 Å². The van der Waals surface area contributed by atoms with Crippen LogP contribution < -0.4 is 10.5 Å². The van der Waals surface area contributed by atoms with E-state index in [1.807, 2.05) is 19.1 Å². The van der Waals surface area contributed by atoms with Crippen molar-refractivity contribution in [2.75, 3.05) is 7.11 Å². The summed E-state index contributed by atoms with van der Waals surface area (Å²) in [7, 11) is 1.38. The first-order valence-electron chi connectivity index (χ1n) is 7.79. The number of hydrogen-bond acceptors (Lipinski definition) is 4. The Hall–Kier alpha value is -2.40. The molecule has 0 radical (unpaired) electrons. The molecule has 0 aliphatic heterocycles. The summed E-state index contributed by atoms with van der Waals surface area (Å²) >= 11 is 0. The van der Waals surface area contributed by atoms with Crippen molar-refractivity contribution in [1.29, 1.82) is 0 Å². The van der Waals surface area contributed by atoms with Crippen LogP contribution in [0.5, 0.6) is 11.5 Å². The molecule has 4 nitrogen and oxygen atoms in total. The second kappa shape index (κ2) is 7.93. The van der Waals surface area contributed by atoms with Gasteiger partial charge in [0.2, 0.25) is 0 Å². The second-order valence-corrected chi connectivity index (χ2v) is 5.78. The third-order valence-electron chi connectivity index (χ3n) is 3.80. The zero-order valence-corrected chi connectivity index (χ0v) is 14.1. The molecule has 0 aromatic heterocycles. The van der Waals surface area contributed by atoms with Crippen molar-refractivity contribution in [1.82, 2.24) is 0 Å². The van der Waals surface area contributed by atoms with Crippen molar-refractivity contribution in [3.8, 4) is 11.5 Å². The van der Waals surface area contributed by atoms with E-state index in [1.54, 1.807) is 19.1 Å². The van der Waals surface area contributed by atoms with E-state index in [0.29, 0.717) is 29.9 Å². The van der Waals surface area contributed by atoms with Gasteiger partial charge in [0.05, 0.1) is 7.11 Å². The van der Waals surface area contributed by atoms with E-state index in [2.05, 4.69) is 4.74 Å². The summed E-state index contributed by atoms with van der Waals surface area (Å²) in [5.74, 6) is 0.392. The van der Waals surface area contributed by atoms with Crippen LogP contribution in [0.3, 0.4) is 0 Å². The number of hydrogen-bond donors (Lipinski definition) is 1. The Morgan fingerprint density at radius 2 is 1.96 bits per heavy atom. The second-order valence-electron chi connectivity index (χ2n) is 5.78. The lowest BCUT2D eigenvalue weighted by Gasteiger charge is -2.12. The fraction of sp³-hybridized carbons (Fsp3) is 0.316. The van der Waals surface area contributed by atoms with E-state index in [-0.39, 0.29) is 17.8 Å². The van der Waals surface area contributed by atoms with Gasteiger partial charge in [0.25, 0.3) is 0 Å². The predicted molar refractivity (Wildman–Crippen MR) is 90.6 cm³/mol. The monoisotopic (exact) mass is 331 g/mol. The summed E-state index contributed by atoms with van der Waals surface area (Å²) in [4.78, 5) is 11.2. The Balaban J connectivity index is 2.13. The zero-order valence-electron chi connectivity index (χ0n) is 14.1. The standard InChI is InChI=1S/C19H22FNO3/c1-12-8-17(6-4-14(12)5-7-19(22)23-3)24-18-10-15(13(2)21)9-16(20)11-18/h4,6,8-11,13H,5,7,21H2,1-3H3/t13-/m1/s1. The van der Waals surface area contributed by atoms with E-state index in [4.69, 9.17) is 10.5 Å². The van der Waals surface area contributed by atoms with E-state index < -0.39 is 0 Å². The summed E-state index contributed by atoms with van der Waals surface area (Å²) in [5, 5.41) is 0. The predicted octanol–water partition coefficient (Wildman–Crippen LogP) is 4.05. The van der Waals surface area contributed by atoms with Crippen LogP contribution >= 0.6 is 0 Å². The third kappa shape index (κ3) is 4.80. The number of carbonyl (C=O) groups excluding carboxylic acids is 1. The minimum absolute atomic E-state index is 0.238. The normalized spacial score (nSPS) is 11.9. The zero-order chi connectivity index (χ0) is 17.7. The quantitative estimate of drug-likeness (QED) is 0.811. The molecule has 0 unspecified atom stereocenters. The average molecular weight is 331 g/mol. The molecule has 2 aromatic rings. The summed E-state index contributed by atoms with van der Waals surface area (Å²) in [6.45, 7) is 3.73. The molecule has 128 valence electrons. The number of nitrogens with two attached hydrogens (primary N) is 1. The van der Waals surface area contributed by atoms with E-state index in [0.717, 1.165) is 11.1 Å². The van der Waals surface area contributed by atoms with Gasteiger partial charge in [-0.05, 0) is 61.2 Å². The lowest BCUT2D eigenvalue weighted by Crippen LogP contribution is -2.05. The highest BCUT2D eigenvalue weighted by molar-refractivity contribution is 5.69. The number of benzene rings is 2. The van der Waals surface area contributed by atoms with Crippen molar-refractivity contribution in [2.45, 2.75) is 32.7 Å². The molecule has 0 spiro atoms. The maximum atomic E-state index is 13.7. The first kappa shape index (κ1) is 17.9. The highest BCUT2D eigenvalue weighted by Gasteiger charge is 2.08. The van der Waals surface area contributed by atoms with Gasteiger partial charge < -0.3 is 15.2 Å². The average Bonchev–Trinajstić information content (AvgIpc) is 2.53. The molecule has 1 atom stereocenters. The molecule has 0 fully saturated rings. The summed E-state index contributed by atoms with van der Waals surface area (Å²) in [6.07, 6.45) is 0.937. The number of halogens is 1. The molecule has 0 saturated heterocycles. The van der Waals surface area contributed by atoms with Crippen LogP contribution in [0.2, 0.25) is 0 Å². The van der Waals surface area contributed by atoms with Crippen molar-refractivity contribution in [3.63, 3.8) is 0 Å². The summed E-state index contributed by atoms with van der Waals surface area (Å²) in [6, 6.07) is 9.75. The minimum atomic E-state index is -0.383. The van der Waals surface area contributed by atoms with Gasteiger partial charge in [0.1, 0.15) is 17.3 Å².